The summed E-state index contributed by atoms with van der Waals surface area (Å²) < 4.78 is 26.6. The third-order valence-electron chi connectivity index (χ3n) is 5.88. The topological polar surface area (TPSA) is 65.4 Å². The summed E-state index contributed by atoms with van der Waals surface area (Å²) in [5.41, 5.74) is 2.46. The van der Waals surface area contributed by atoms with E-state index in [0.717, 1.165) is 29.7 Å². The number of ether oxygens (including phenoxy) is 2. The van der Waals surface area contributed by atoms with Crippen molar-refractivity contribution in [1.29, 1.82) is 0 Å². The number of para-hydroxylation sites is 1. The number of carbonyl (C=O) groups is 1. The quantitative estimate of drug-likeness (QED) is 0.655. The second kappa shape index (κ2) is 8.89. The molecule has 1 aliphatic rings. The number of aryl methyl sites for hydroxylation is 1. The van der Waals surface area contributed by atoms with Crippen LogP contribution in [0.1, 0.15) is 34.5 Å². The SMILES string of the molecule is COc1ccc(C)cc1C1(CNC(=O)c2ccn(-c3ccccc3F)n2)CCOCC1. The molecule has 0 radical (unpaired) electrons. The standard InChI is InChI=1S/C24H26FN3O3/c1-17-7-8-22(30-2)18(15-17)24(10-13-31-14-11-24)16-26-23(29)20-9-12-28(27-20)21-6-4-3-5-19(21)25/h3-9,12,15H,10-11,13-14,16H2,1-2H3,(H,26,29). The lowest BCUT2D eigenvalue weighted by molar-refractivity contribution is 0.0478. The monoisotopic (exact) mass is 423 g/mol. The van der Waals surface area contributed by atoms with Gasteiger partial charge >= 0.3 is 0 Å². The van der Waals surface area contributed by atoms with Gasteiger partial charge in [0.05, 0.1) is 7.11 Å². The molecule has 0 atom stereocenters. The van der Waals surface area contributed by atoms with E-state index in [-0.39, 0.29) is 17.0 Å². The molecule has 0 bridgehead atoms. The molecule has 1 saturated heterocycles. The Bertz CT molecular complexity index is 1070. The zero-order chi connectivity index (χ0) is 21.8. The van der Waals surface area contributed by atoms with Crippen LogP contribution in [0.5, 0.6) is 5.75 Å². The Morgan fingerprint density at radius 1 is 1.23 bits per heavy atom. The van der Waals surface area contributed by atoms with Gasteiger partial charge in [-0.05, 0) is 44.0 Å². The summed E-state index contributed by atoms with van der Waals surface area (Å²) in [6.07, 6.45) is 3.13. The predicted octanol–water partition coefficient (Wildman–Crippen LogP) is 3.81. The van der Waals surface area contributed by atoms with E-state index in [1.807, 2.05) is 19.1 Å². The molecule has 6 nitrogen and oxygen atoms in total. The lowest BCUT2D eigenvalue weighted by Crippen LogP contribution is -2.45. The minimum atomic E-state index is -0.398. The number of rotatable bonds is 6. The minimum absolute atomic E-state index is 0.238. The lowest BCUT2D eigenvalue weighted by atomic mass is 9.73. The summed E-state index contributed by atoms with van der Waals surface area (Å²) in [4.78, 5) is 12.9. The summed E-state index contributed by atoms with van der Waals surface area (Å²) >= 11 is 0. The molecule has 0 spiro atoms. The molecule has 0 aliphatic carbocycles. The fraction of sp³-hybridized carbons (Fsp3) is 0.333. The second-order valence-corrected chi connectivity index (χ2v) is 7.88. The van der Waals surface area contributed by atoms with Gasteiger partial charge in [-0.25, -0.2) is 9.07 Å². The van der Waals surface area contributed by atoms with Crippen molar-refractivity contribution in [3.05, 3.63) is 77.4 Å². The molecule has 4 rings (SSSR count). The minimum Gasteiger partial charge on any atom is -0.496 e. The van der Waals surface area contributed by atoms with Gasteiger partial charge in [0.2, 0.25) is 0 Å². The number of hydrogen-bond donors (Lipinski definition) is 1. The lowest BCUT2D eigenvalue weighted by Gasteiger charge is -2.38. The van der Waals surface area contributed by atoms with Crippen molar-refractivity contribution in [3.63, 3.8) is 0 Å². The second-order valence-electron chi connectivity index (χ2n) is 7.88. The first-order valence-electron chi connectivity index (χ1n) is 10.3. The molecule has 1 N–H and O–H groups in total. The highest BCUT2D eigenvalue weighted by molar-refractivity contribution is 5.92. The Balaban J connectivity index is 1.56. The molecular weight excluding hydrogens is 397 g/mol. The Kier molecular flexibility index (Phi) is 6.04. The molecule has 1 amide bonds. The van der Waals surface area contributed by atoms with E-state index in [9.17, 15) is 9.18 Å². The van der Waals surface area contributed by atoms with E-state index in [1.54, 1.807) is 37.6 Å². The van der Waals surface area contributed by atoms with Crippen molar-refractivity contribution in [1.82, 2.24) is 15.1 Å². The van der Waals surface area contributed by atoms with Crippen LogP contribution in [0.15, 0.2) is 54.7 Å². The van der Waals surface area contributed by atoms with Gasteiger partial charge in [-0.3, -0.25) is 4.79 Å². The molecule has 0 saturated carbocycles. The van der Waals surface area contributed by atoms with Crippen molar-refractivity contribution >= 4 is 5.91 Å². The van der Waals surface area contributed by atoms with E-state index in [4.69, 9.17) is 9.47 Å². The number of benzene rings is 2. The van der Waals surface area contributed by atoms with Crippen molar-refractivity contribution in [2.75, 3.05) is 26.9 Å². The molecule has 3 aromatic rings. The largest absolute Gasteiger partial charge is 0.496 e. The summed E-state index contributed by atoms with van der Waals surface area (Å²) in [6.45, 7) is 3.72. The van der Waals surface area contributed by atoms with Crippen molar-refractivity contribution in [3.8, 4) is 11.4 Å². The average Bonchev–Trinajstić information content (AvgIpc) is 3.28. The smallest absolute Gasteiger partial charge is 0.271 e. The first-order chi connectivity index (χ1) is 15.0. The molecule has 1 aromatic heterocycles. The third kappa shape index (κ3) is 4.32. The van der Waals surface area contributed by atoms with Crippen LogP contribution in [0.3, 0.4) is 0 Å². The van der Waals surface area contributed by atoms with Crippen LogP contribution in [-0.4, -0.2) is 42.6 Å². The Morgan fingerprint density at radius 2 is 2.00 bits per heavy atom. The van der Waals surface area contributed by atoms with E-state index in [0.29, 0.717) is 25.4 Å². The normalized spacial score (nSPS) is 15.5. The number of hydrogen-bond acceptors (Lipinski definition) is 4. The zero-order valence-corrected chi connectivity index (χ0v) is 17.7. The van der Waals surface area contributed by atoms with Gasteiger partial charge in [-0.1, -0.05) is 29.8 Å². The predicted molar refractivity (Wildman–Crippen MR) is 115 cm³/mol. The van der Waals surface area contributed by atoms with Crippen molar-refractivity contribution in [2.45, 2.75) is 25.2 Å². The highest BCUT2D eigenvalue weighted by Gasteiger charge is 2.37. The van der Waals surface area contributed by atoms with Gasteiger partial charge in [0.25, 0.3) is 5.91 Å². The van der Waals surface area contributed by atoms with Crippen LogP contribution in [0.2, 0.25) is 0 Å². The summed E-state index contributed by atoms with van der Waals surface area (Å²) in [5.74, 6) is 0.114. The van der Waals surface area contributed by atoms with Crippen molar-refractivity contribution < 1.29 is 18.7 Å². The van der Waals surface area contributed by atoms with Gasteiger partial charge in [0.15, 0.2) is 5.69 Å². The summed E-state index contributed by atoms with van der Waals surface area (Å²) in [5, 5.41) is 7.30. The molecule has 2 aromatic carbocycles. The molecule has 1 fully saturated rings. The molecular formula is C24H26FN3O3. The highest BCUT2D eigenvalue weighted by Crippen LogP contribution is 2.40. The van der Waals surface area contributed by atoms with Crippen LogP contribution < -0.4 is 10.1 Å². The molecule has 0 unspecified atom stereocenters. The summed E-state index contributed by atoms with van der Waals surface area (Å²) in [6, 6.07) is 14.0. The van der Waals surface area contributed by atoms with E-state index >= 15 is 0 Å². The number of aromatic nitrogens is 2. The molecule has 31 heavy (non-hydrogen) atoms. The van der Waals surface area contributed by atoms with Crippen LogP contribution in [-0.2, 0) is 10.2 Å². The first kappa shape index (κ1) is 21.1. The molecule has 1 aliphatic heterocycles. The summed E-state index contributed by atoms with van der Waals surface area (Å²) in [7, 11) is 1.66. The van der Waals surface area contributed by atoms with Crippen LogP contribution >= 0.6 is 0 Å². The van der Waals surface area contributed by atoms with E-state index in [1.165, 1.54) is 10.7 Å². The highest BCUT2D eigenvalue weighted by atomic mass is 19.1. The van der Waals surface area contributed by atoms with E-state index in [2.05, 4.69) is 16.5 Å². The Labute approximate surface area is 181 Å². The number of halogens is 1. The average molecular weight is 423 g/mol. The number of nitrogens with one attached hydrogen (secondary N) is 1. The van der Waals surface area contributed by atoms with Crippen molar-refractivity contribution in [2.24, 2.45) is 0 Å². The van der Waals surface area contributed by atoms with Gasteiger partial charge in [-0.15, -0.1) is 0 Å². The Morgan fingerprint density at radius 3 is 2.74 bits per heavy atom. The maximum absolute atomic E-state index is 14.0. The maximum Gasteiger partial charge on any atom is 0.271 e. The van der Waals surface area contributed by atoms with Crippen LogP contribution in [0.4, 0.5) is 4.39 Å². The number of nitrogens with zero attached hydrogens (tertiary/aromatic N) is 2. The Hall–Kier alpha value is -3.19. The molecule has 162 valence electrons. The van der Waals surface area contributed by atoms with Gasteiger partial charge in [0.1, 0.15) is 17.3 Å². The molecule has 2 heterocycles. The van der Waals surface area contributed by atoms with Gasteiger partial charge in [0, 0.05) is 36.9 Å². The maximum atomic E-state index is 14.0. The van der Waals surface area contributed by atoms with E-state index < -0.39 is 5.82 Å². The van der Waals surface area contributed by atoms with Crippen LogP contribution in [0, 0.1) is 12.7 Å². The van der Waals surface area contributed by atoms with Gasteiger partial charge < -0.3 is 14.8 Å². The third-order valence-corrected chi connectivity index (χ3v) is 5.88. The first-order valence-corrected chi connectivity index (χ1v) is 10.3. The zero-order valence-electron chi connectivity index (χ0n) is 17.7. The van der Waals surface area contributed by atoms with Crippen LogP contribution in [0.25, 0.3) is 5.69 Å². The number of methoxy groups -OCH3 is 1. The number of amides is 1. The van der Waals surface area contributed by atoms with Gasteiger partial charge in [-0.2, -0.15) is 5.10 Å². The number of carbonyl (C=O) groups excluding carboxylic acids is 1. The fourth-order valence-electron chi connectivity index (χ4n) is 4.10. The molecule has 7 heteroatoms. The fourth-order valence-corrected chi connectivity index (χ4v) is 4.10.